The summed E-state index contributed by atoms with van der Waals surface area (Å²) in [6, 6.07) is 66.7. The lowest BCUT2D eigenvalue weighted by Gasteiger charge is -2.12. The Balaban J connectivity index is 1.08. The van der Waals surface area contributed by atoms with Gasteiger partial charge in [0, 0.05) is 42.7 Å². The third kappa shape index (κ3) is 5.38. The number of aromatic nitrogens is 3. The number of fused-ring (bicyclic) bond motifs is 4. The van der Waals surface area contributed by atoms with Gasteiger partial charge in [-0.1, -0.05) is 127 Å². The van der Waals surface area contributed by atoms with Gasteiger partial charge in [-0.05, 0) is 82.7 Å². The van der Waals surface area contributed by atoms with Gasteiger partial charge >= 0.3 is 0 Å². The molecule has 10 aromatic rings. The van der Waals surface area contributed by atoms with E-state index < -0.39 is 0 Å². The van der Waals surface area contributed by atoms with Crippen LogP contribution in [0.15, 0.2) is 188 Å². The lowest BCUT2D eigenvalue weighted by atomic mass is 10.0. The molecule has 0 radical (unpaired) electrons. The summed E-state index contributed by atoms with van der Waals surface area (Å²) < 4.78 is 3.64. The number of rotatable bonds is 6. The molecule has 10 rings (SSSR count). The second kappa shape index (κ2) is 12.6. The zero-order valence-corrected chi connectivity index (χ0v) is 29.0. The van der Waals surface area contributed by atoms with Gasteiger partial charge in [-0.2, -0.15) is 0 Å². The summed E-state index contributed by atoms with van der Waals surface area (Å²) in [7, 11) is 0. The van der Waals surface area contributed by atoms with E-state index in [0.29, 0.717) is 5.82 Å². The fourth-order valence-corrected chi connectivity index (χ4v) is 8.32. The predicted molar refractivity (Wildman–Crippen MR) is 219 cm³/mol. The second-order valence-corrected chi connectivity index (χ2v) is 14.1. The van der Waals surface area contributed by atoms with Gasteiger partial charge in [0.05, 0.1) is 22.4 Å². The lowest BCUT2D eigenvalue weighted by molar-refractivity contribution is 1.16. The van der Waals surface area contributed by atoms with E-state index in [1.165, 1.54) is 47.9 Å². The third-order valence-electron chi connectivity index (χ3n) is 9.85. The Morgan fingerprint density at radius 2 is 0.962 bits per heavy atom. The second-order valence-electron chi connectivity index (χ2n) is 13.1. The van der Waals surface area contributed by atoms with Gasteiger partial charge in [0.25, 0.3) is 0 Å². The predicted octanol–water partition coefficient (Wildman–Crippen LogP) is 13.1. The average molecular weight is 682 g/mol. The van der Waals surface area contributed by atoms with Crippen LogP contribution < -0.4 is 0 Å². The first-order chi connectivity index (χ1) is 25.7. The molecule has 0 spiro atoms. The molecule has 0 atom stereocenters. The number of benzene rings is 7. The maximum atomic E-state index is 5.20. The first-order valence-corrected chi connectivity index (χ1v) is 18.3. The van der Waals surface area contributed by atoms with Crippen molar-refractivity contribution in [3.05, 3.63) is 188 Å². The van der Waals surface area contributed by atoms with Crippen LogP contribution in [0.3, 0.4) is 0 Å². The van der Waals surface area contributed by atoms with Crippen molar-refractivity contribution >= 4 is 43.2 Å². The van der Waals surface area contributed by atoms with Gasteiger partial charge in [-0.15, -0.1) is 11.3 Å². The number of hydrogen-bond acceptors (Lipinski definition) is 3. The molecule has 3 heterocycles. The van der Waals surface area contributed by atoms with Crippen molar-refractivity contribution in [1.82, 2.24) is 14.5 Å². The summed E-state index contributed by atoms with van der Waals surface area (Å²) in [6.07, 6.45) is 0. The number of hydrogen-bond donors (Lipinski definition) is 0. The monoisotopic (exact) mass is 681 g/mol. The van der Waals surface area contributed by atoms with E-state index in [0.717, 1.165) is 39.3 Å². The van der Waals surface area contributed by atoms with Gasteiger partial charge in [-0.3, -0.25) is 0 Å². The van der Waals surface area contributed by atoms with Crippen molar-refractivity contribution in [2.45, 2.75) is 0 Å². The topological polar surface area (TPSA) is 30.7 Å². The van der Waals surface area contributed by atoms with Crippen LogP contribution in [-0.4, -0.2) is 14.5 Å². The highest BCUT2D eigenvalue weighted by Gasteiger charge is 2.15. The highest BCUT2D eigenvalue weighted by Crippen LogP contribution is 2.36. The molecular weight excluding hydrogens is 651 g/mol. The molecule has 0 fully saturated rings. The minimum Gasteiger partial charge on any atom is -0.309 e. The van der Waals surface area contributed by atoms with Crippen LogP contribution in [0.2, 0.25) is 0 Å². The van der Waals surface area contributed by atoms with Crippen LogP contribution in [-0.2, 0) is 0 Å². The van der Waals surface area contributed by atoms with Gasteiger partial charge in [-0.25, -0.2) is 9.97 Å². The first-order valence-electron chi connectivity index (χ1n) is 17.5. The van der Waals surface area contributed by atoms with E-state index >= 15 is 0 Å². The Hall–Kier alpha value is -6.62. The van der Waals surface area contributed by atoms with Crippen molar-refractivity contribution in [1.29, 1.82) is 0 Å². The van der Waals surface area contributed by atoms with Crippen LogP contribution in [0, 0.1) is 0 Å². The van der Waals surface area contributed by atoms with Crippen LogP contribution >= 0.6 is 11.3 Å². The Labute approximate surface area is 305 Å². The molecule has 0 bridgehead atoms. The zero-order chi connectivity index (χ0) is 34.4. The molecule has 3 aromatic heterocycles. The van der Waals surface area contributed by atoms with E-state index in [4.69, 9.17) is 9.97 Å². The van der Waals surface area contributed by atoms with E-state index in [1.54, 1.807) is 0 Å². The average Bonchev–Trinajstić information content (AvgIpc) is 3.81. The molecule has 7 aromatic carbocycles. The van der Waals surface area contributed by atoms with Crippen LogP contribution in [0.5, 0.6) is 0 Å². The highest BCUT2D eigenvalue weighted by atomic mass is 32.1. The van der Waals surface area contributed by atoms with Gasteiger partial charge in [0.1, 0.15) is 0 Å². The lowest BCUT2D eigenvalue weighted by Crippen LogP contribution is -1.97. The molecule has 0 unspecified atom stereocenters. The van der Waals surface area contributed by atoms with Gasteiger partial charge in [0.2, 0.25) is 0 Å². The van der Waals surface area contributed by atoms with E-state index in [-0.39, 0.29) is 0 Å². The number of thiophene rings is 1. The summed E-state index contributed by atoms with van der Waals surface area (Å²) >= 11 is 1.82. The number of para-hydroxylation sites is 2. The van der Waals surface area contributed by atoms with Crippen LogP contribution in [0.1, 0.15) is 0 Å². The molecule has 3 nitrogen and oxygen atoms in total. The molecule has 52 heavy (non-hydrogen) atoms. The summed E-state index contributed by atoms with van der Waals surface area (Å²) in [5.74, 6) is 0.694. The smallest absolute Gasteiger partial charge is 0.160 e. The largest absolute Gasteiger partial charge is 0.309 e. The van der Waals surface area contributed by atoms with Crippen molar-refractivity contribution in [3.8, 4) is 61.2 Å². The standard InChI is InChI=1S/C48H31N3S/c1-2-11-32(12-3-1)36-14-10-15-37(29-36)43-31-42(33-21-23-34(24-22-33)47-30-38-13-4-9-20-46(38)52-47)49-48(50-43)35-25-27-39(28-26-35)51-44-18-7-5-16-40(44)41-17-6-8-19-45(41)51/h1-31H. The van der Waals surface area contributed by atoms with Gasteiger partial charge in [0.15, 0.2) is 5.82 Å². The Bertz CT molecular complexity index is 2800. The van der Waals surface area contributed by atoms with Crippen molar-refractivity contribution < 1.29 is 0 Å². The summed E-state index contributed by atoms with van der Waals surface area (Å²) in [4.78, 5) is 11.7. The van der Waals surface area contributed by atoms with Crippen molar-refractivity contribution in [2.75, 3.05) is 0 Å². The minimum absolute atomic E-state index is 0.694. The zero-order valence-electron chi connectivity index (χ0n) is 28.1. The quantitative estimate of drug-likeness (QED) is 0.175. The minimum atomic E-state index is 0.694. The van der Waals surface area contributed by atoms with Crippen molar-refractivity contribution in [2.24, 2.45) is 0 Å². The maximum absolute atomic E-state index is 5.20. The summed E-state index contributed by atoms with van der Waals surface area (Å²) in [5, 5.41) is 3.77. The van der Waals surface area contributed by atoms with E-state index in [1.807, 2.05) is 11.3 Å². The van der Waals surface area contributed by atoms with Crippen LogP contribution in [0.4, 0.5) is 0 Å². The molecule has 244 valence electrons. The SMILES string of the molecule is c1ccc(-c2cccc(-c3cc(-c4ccc(-c5cc6ccccc6s5)cc4)nc(-c4ccc(-n5c6ccccc6c6ccccc65)cc4)n3)c2)cc1. The molecule has 0 saturated heterocycles. The normalized spacial score (nSPS) is 11.5. The summed E-state index contributed by atoms with van der Waals surface area (Å²) in [5.41, 5.74) is 11.9. The Kier molecular flexibility index (Phi) is 7.33. The molecule has 0 saturated carbocycles. The molecule has 0 aliphatic rings. The maximum Gasteiger partial charge on any atom is 0.160 e. The fraction of sp³-hybridized carbons (Fsp3) is 0. The Morgan fingerprint density at radius 1 is 0.385 bits per heavy atom. The van der Waals surface area contributed by atoms with E-state index in [9.17, 15) is 0 Å². The molecule has 0 aliphatic heterocycles. The molecule has 0 amide bonds. The molecular formula is C48H31N3S. The van der Waals surface area contributed by atoms with Gasteiger partial charge < -0.3 is 4.57 Å². The molecule has 0 aliphatic carbocycles. The van der Waals surface area contributed by atoms with Crippen LogP contribution in [0.25, 0.3) is 93.0 Å². The van der Waals surface area contributed by atoms with E-state index in [2.05, 4.69) is 193 Å². The first kappa shape index (κ1) is 30.2. The molecule has 4 heteroatoms. The number of nitrogens with zero attached hydrogens (tertiary/aromatic N) is 3. The highest BCUT2D eigenvalue weighted by molar-refractivity contribution is 7.22. The molecule has 0 N–H and O–H groups in total. The van der Waals surface area contributed by atoms with Crippen molar-refractivity contribution in [3.63, 3.8) is 0 Å². The Morgan fingerprint density at radius 3 is 1.69 bits per heavy atom. The fourth-order valence-electron chi connectivity index (χ4n) is 7.25. The third-order valence-corrected chi connectivity index (χ3v) is 11.0. The summed E-state index contributed by atoms with van der Waals surface area (Å²) in [6.45, 7) is 0.